The molecule has 0 aliphatic carbocycles. The largest absolute Gasteiger partial charge is 0.497 e. The maximum Gasteiger partial charge on any atom is 0.316 e. The van der Waals surface area contributed by atoms with E-state index in [2.05, 4.69) is 20.8 Å². The normalized spacial score (nSPS) is 22.8. The number of benzene rings is 1. The average Bonchev–Trinajstić information content (AvgIpc) is 3.25. The molecule has 2 atom stereocenters. The quantitative estimate of drug-likeness (QED) is 0.808. The molecule has 2 unspecified atom stereocenters. The predicted molar refractivity (Wildman–Crippen MR) is 103 cm³/mol. The van der Waals surface area contributed by atoms with E-state index in [0.717, 1.165) is 24.2 Å². The van der Waals surface area contributed by atoms with Gasteiger partial charge in [-0.05, 0) is 30.2 Å². The lowest BCUT2D eigenvalue weighted by atomic mass is 10.00. The van der Waals surface area contributed by atoms with Gasteiger partial charge in [-0.15, -0.1) is 0 Å². The molecule has 3 heterocycles. The first-order valence-electron chi connectivity index (χ1n) is 9.60. The van der Waals surface area contributed by atoms with Gasteiger partial charge in [-0.3, -0.25) is 4.79 Å². The number of hydrogen-bond acceptors (Lipinski definition) is 7. The van der Waals surface area contributed by atoms with Crippen molar-refractivity contribution in [1.82, 2.24) is 25.7 Å². The number of hydrazine groups is 1. The molecule has 2 saturated heterocycles. The molecule has 2 fully saturated rings. The minimum absolute atomic E-state index is 0.0469. The van der Waals surface area contributed by atoms with Crippen LogP contribution in [-0.2, 0) is 4.79 Å². The lowest BCUT2D eigenvalue weighted by Crippen LogP contribution is -2.49. The van der Waals surface area contributed by atoms with Crippen molar-refractivity contribution in [2.45, 2.75) is 37.5 Å². The van der Waals surface area contributed by atoms with E-state index in [1.54, 1.807) is 25.6 Å². The van der Waals surface area contributed by atoms with E-state index in [9.17, 15) is 4.79 Å². The van der Waals surface area contributed by atoms with E-state index in [1.807, 2.05) is 29.2 Å². The summed E-state index contributed by atoms with van der Waals surface area (Å²) >= 11 is 0. The molecular formula is C20H25N5O3. The summed E-state index contributed by atoms with van der Waals surface area (Å²) in [5.41, 5.74) is 7.51. The van der Waals surface area contributed by atoms with E-state index in [-0.39, 0.29) is 24.1 Å². The van der Waals surface area contributed by atoms with Crippen LogP contribution in [0.3, 0.4) is 0 Å². The molecule has 2 aliphatic heterocycles. The molecule has 1 aromatic carbocycles. The second-order valence-electron chi connectivity index (χ2n) is 7.08. The summed E-state index contributed by atoms with van der Waals surface area (Å²) in [6.07, 6.45) is 5.65. The Kier molecular flexibility index (Phi) is 5.68. The molecule has 1 aromatic heterocycles. The van der Waals surface area contributed by atoms with Gasteiger partial charge in [0, 0.05) is 44.4 Å². The van der Waals surface area contributed by atoms with Gasteiger partial charge in [0.05, 0.1) is 7.11 Å². The van der Waals surface area contributed by atoms with Crippen molar-refractivity contribution >= 4 is 5.91 Å². The van der Waals surface area contributed by atoms with E-state index < -0.39 is 0 Å². The Morgan fingerprint density at radius 1 is 1.14 bits per heavy atom. The number of carbonyl (C=O) groups excluding carboxylic acids is 1. The summed E-state index contributed by atoms with van der Waals surface area (Å²) in [7, 11) is 1.66. The Morgan fingerprint density at radius 3 is 2.68 bits per heavy atom. The highest BCUT2D eigenvalue weighted by Crippen LogP contribution is 2.26. The molecule has 4 rings (SSSR count). The van der Waals surface area contributed by atoms with E-state index in [1.165, 1.54) is 0 Å². The molecule has 2 N–H and O–H groups in total. The zero-order valence-corrected chi connectivity index (χ0v) is 15.9. The van der Waals surface area contributed by atoms with Gasteiger partial charge in [0.2, 0.25) is 5.91 Å². The molecule has 0 radical (unpaired) electrons. The van der Waals surface area contributed by atoms with Crippen molar-refractivity contribution in [2.24, 2.45) is 0 Å². The topological polar surface area (TPSA) is 88.6 Å². The number of carbonyl (C=O) groups is 1. The number of amides is 1. The van der Waals surface area contributed by atoms with Crippen LogP contribution in [-0.4, -0.2) is 53.1 Å². The van der Waals surface area contributed by atoms with Crippen molar-refractivity contribution in [3.8, 4) is 11.8 Å². The molecule has 0 bridgehead atoms. The van der Waals surface area contributed by atoms with Crippen LogP contribution >= 0.6 is 0 Å². The number of ether oxygens (including phenoxy) is 2. The lowest BCUT2D eigenvalue weighted by molar-refractivity contribution is -0.135. The minimum Gasteiger partial charge on any atom is -0.497 e. The summed E-state index contributed by atoms with van der Waals surface area (Å²) < 4.78 is 11.1. The molecular weight excluding hydrogens is 358 g/mol. The van der Waals surface area contributed by atoms with Crippen LogP contribution in [0.2, 0.25) is 0 Å². The Balaban J connectivity index is 1.28. The molecule has 8 nitrogen and oxygen atoms in total. The number of rotatable bonds is 5. The molecule has 1 amide bonds. The van der Waals surface area contributed by atoms with E-state index in [0.29, 0.717) is 25.5 Å². The zero-order valence-electron chi connectivity index (χ0n) is 15.9. The Labute approximate surface area is 164 Å². The van der Waals surface area contributed by atoms with Crippen molar-refractivity contribution in [3.63, 3.8) is 0 Å². The van der Waals surface area contributed by atoms with Crippen LogP contribution in [0.25, 0.3) is 0 Å². The number of aromatic nitrogens is 2. The second kappa shape index (κ2) is 8.53. The van der Waals surface area contributed by atoms with Crippen LogP contribution in [0.15, 0.2) is 42.7 Å². The maximum absolute atomic E-state index is 12.9. The molecule has 8 heteroatoms. The molecule has 2 aromatic rings. The van der Waals surface area contributed by atoms with Crippen molar-refractivity contribution < 1.29 is 14.3 Å². The third-order valence-electron chi connectivity index (χ3n) is 5.27. The summed E-state index contributed by atoms with van der Waals surface area (Å²) in [6, 6.07) is 9.94. The molecule has 0 spiro atoms. The number of likely N-dealkylation sites (tertiary alicyclic amines) is 1. The third kappa shape index (κ3) is 4.23. The minimum atomic E-state index is -0.230. The number of methoxy groups -OCH3 is 1. The molecule has 2 aliphatic rings. The van der Waals surface area contributed by atoms with Gasteiger partial charge in [-0.25, -0.2) is 20.8 Å². The third-order valence-corrected chi connectivity index (χ3v) is 5.27. The van der Waals surface area contributed by atoms with Crippen LogP contribution in [0.4, 0.5) is 0 Å². The first-order chi connectivity index (χ1) is 13.7. The van der Waals surface area contributed by atoms with E-state index in [4.69, 9.17) is 9.47 Å². The van der Waals surface area contributed by atoms with Gasteiger partial charge in [0.25, 0.3) is 0 Å². The van der Waals surface area contributed by atoms with Crippen LogP contribution < -0.4 is 20.3 Å². The zero-order chi connectivity index (χ0) is 19.3. The van der Waals surface area contributed by atoms with E-state index >= 15 is 0 Å². The van der Waals surface area contributed by atoms with Crippen LogP contribution in [0.1, 0.15) is 30.9 Å². The summed E-state index contributed by atoms with van der Waals surface area (Å²) in [5, 5.41) is 0. The van der Waals surface area contributed by atoms with Gasteiger partial charge in [0.1, 0.15) is 17.9 Å². The van der Waals surface area contributed by atoms with Gasteiger partial charge >= 0.3 is 6.01 Å². The monoisotopic (exact) mass is 383 g/mol. The van der Waals surface area contributed by atoms with Gasteiger partial charge in [-0.1, -0.05) is 12.1 Å². The fraction of sp³-hybridized carbons (Fsp3) is 0.450. The number of hydrogen-bond donors (Lipinski definition) is 2. The Morgan fingerprint density at radius 2 is 1.93 bits per heavy atom. The first-order valence-corrected chi connectivity index (χ1v) is 9.60. The number of piperidine rings is 1. The molecule has 0 saturated carbocycles. The number of nitrogens with one attached hydrogen (secondary N) is 2. The Hall–Kier alpha value is -2.71. The fourth-order valence-electron chi connectivity index (χ4n) is 3.70. The lowest BCUT2D eigenvalue weighted by Gasteiger charge is -2.33. The summed E-state index contributed by atoms with van der Waals surface area (Å²) in [5.74, 6) is 0.950. The van der Waals surface area contributed by atoms with Crippen molar-refractivity contribution in [3.05, 3.63) is 48.3 Å². The second-order valence-corrected chi connectivity index (χ2v) is 7.08. The highest BCUT2D eigenvalue weighted by Gasteiger charge is 2.34. The van der Waals surface area contributed by atoms with Gasteiger partial charge < -0.3 is 14.4 Å². The molecule has 28 heavy (non-hydrogen) atoms. The SMILES string of the molecule is COc1cccc(C2CC(C(=O)N3CCC(Oc4ncccn4)CC3)NN2)c1. The number of nitrogens with zero attached hydrogens (tertiary/aromatic N) is 3. The van der Waals surface area contributed by atoms with Gasteiger partial charge in [-0.2, -0.15) is 0 Å². The fourth-order valence-corrected chi connectivity index (χ4v) is 3.70. The maximum atomic E-state index is 12.9. The highest BCUT2D eigenvalue weighted by atomic mass is 16.5. The van der Waals surface area contributed by atoms with Crippen LogP contribution in [0, 0.1) is 0 Å². The average molecular weight is 383 g/mol. The Bertz CT molecular complexity index is 795. The van der Waals surface area contributed by atoms with Crippen molar-refractivity contribution in [2.75, 3.05) is 20.2 Å². The smallest absolute Gasteiger partial charge is 0.316 e. The predicted octanol–water partition coefficient (Wildman–Crippen LogP) is 1.46. The standard InChI is InChI=1S/C20H25N5O3/c1-27-16-5-2-4-14(12-16)17-13-18(24-23-17)19(26)25-10-6-15(7-11-25)28-20-21-8-3-9-22-20/h2-5,8-9,12,15,17-18,23-24H,6-7,10-11,13H2,1H3. The molecule has 148 valence electrons. The summed E-state index contributed by atoms with van der Waals surface area (Å²) in [4.78, 5) is 23.0. The first kappa shape index (κ1) is 18.6. The van der Waals surface area contributed by atoms with Gasteiger partial charge in [0.15, 0.2) is 0 Å². The van der Waals surface area contributed by atoms with Crippen LogP contribution in [0.5, 0.6) is 11.8 Å². The summed E-state index contributed by atoms with van der Waals surface area (Å²) in [6.45, 7) is 1.36. The van der Waals surface area contributed by atoms with Crippen molar-refractivity contribution in [1.29, 1.82) is 0 Å². The highest BCUT2D eigenvalue weighted by molar-refractivity contribution is 5.82.